The van der Waals surface area contributed by atoms with Gasteiger partial charge < -0.3 is 14.5 Å². The molecule has 1 saturated heterocycles. The van der Waals surface area contributed by atoms with Gasteiger partial charge >= 0.3 is 0 Å². The quantitative estimate of drug-likeness (QED) is 0.779. The van der Waals surface area contributed by atoms with Crippen LogP contribution in [0.5, 0.6) is 5.75 Å². The topological polar surface area (TPSA) is 49.9 Å². The molecule has 0 spiro atoms. The lowest BCUT2D eigenvalue weighted by Gasteiger charge is -2.34. The van der Waals surface area contributed by atoms with Crippen molar-refractivity contribution >= 4 is 12.3 Å². The van der Waals surface area contributed by atoms with E-state index >= 15 is 0 Å². The van der Waals surface area contributed by atoms with Gasteiger partial charge in [-0.3, -0.25) is 9.59 Å². The highest BCUT2D eigenvalue weighted by Crippen LogP contribution is 2.19. The van der Waals surface area contributed by atoms with Crippen LogP contribution in [0.4, 0.5) is 0 Å². The summed E-state index contributed by atoms with van der Waals surface area (Å²) in [5.41, 5.74) is 2.36. The minimum absolute atomic E-state index is 0.00581. The van der Waals surface area contributed by atoms with Crippen LogP contribution in [0, 0.1) is 13.8 Å². The molecule has 1 aliphatic heterocycles. The normalized spacial score (nSPS) is 16.3. The highest BCUT2D eigenvalue weighted by atomic mass is 16.5. The molecule has 0 N–H and O–H groups in total. The molecule has 0 radical (unpaired) electrons. The Bertz CT molecular complexity index is 537. The van der Waals surface area contributed by atoms with E-state index in [2.05, 4.69) is 0 Å². The van der Waals surface area contributed by atoms with Crippen molar-refractivity contribution in [1.29, 1.82) is 0 Å². The van der Waals surface area contributed by atoms with Crippen molar-refractivity contribution in [3.63, 3.8) is 0 Å². The Labute approximate surface area is 131 Å². The monoisotopic (exact) mass is 304 g/mol. The Kier molecular flexibility index (Phi) is 5.41. The van der Waals surface area contributed by atoms with Crippen molar-refractivity contribution in [3.8, 4) is 5.75 Å². The molecule has 5 heteroatoms. The molecular formula is C17H24N2O3. The largest absolute Gasteiger partial charge is 0.481 e. The van der Waals surface area contributed by atoms with Crippen LogP contribution in [0.1, 0.15) is 24.5 Å². The number of piperazine rings is 1. The van der Waals surface area contributed by atoms with Gasteiger partial charge in [0.05, 0.1) is 0 Å². The van der Waals surface area contributed by atoms with E-state index in [0.717, 1.165) is 17.7 Å². The van der Waals surface area contributed by atoms with Gasteiger partial charge in [0.25, 0.3) is 5.91 Å². The van der Waals surface area contributed by atoms with Crippen LogP contribution in [-0.4, -0.2) is 54.4 Å². The standard InChI is InChI=1S/C17H24N2O3/c1-4-16(22-15-6-5-13(2)14(3)11-15)17(21)19-9-7-18(12-20)8-10-19/h5-6,11-12,16H,4,7-10H2,1-3H3/t16-/m0/s1. The molecule has 0 bridgehead atoms. The Morgan fingerprint density at radius 3 is 2.45 bits per heavy atom. The first-order chi connectivity index (χ1) is 10.5. The Morgan fingerprint density at radius 1 is 1.23 bits per heavy atom. The summed E-state index contributed by atoms with van der Waals surface area (Å²) in [5.74, 6) is 0.737. The van der Waals surface area contributed by atoms with E-state index in [9.17, 15) is 9.59 Å². The minimum Gasteiger partial charge on any atom is -0.481 e. The Morgan fingerprint density at radius 2 is 1.91 bits per heavy atom. The van der Waals surface area contributed by atoms with Crippen molar-refractivity contribution in [1.82, 2.24) is 9.80 Å². The smallest absolute Gasteiger partial charge is 0.263 e. The van der Waals surface area contributed by atoms with E-state index in [1.54, 1.807) is 9.80 Å². The van der Waals surface area contributed by atoms with E-state index in [4.69, 9.17) is 4.74 Å². The van der Waals surface area contributed by atoms with Crippen molar-refractivity contribution in [2.45, 2.75) is 33.3 Å². The average Bonchev–Trinajstić information content (AvgIpc) is 2.55. The summed E-state index contributed by atoms with van der Waals surface area (Å²) in [5, 5.41) is 0. The molecule has 1 aromatic carbocycles. The van der Waals surface area contributed by atoms with Gasteiger partial charge in [0.2, 0.25) is 6.41 Å². The fourth-order valence-electron chi connectivity index (χ4n) is 2.51. The first-order valence-corrected chi connectivity index (χ1v) is 7.77. The molecule has 1 atom stereocenters. The van der Waals surface area contributed by atoms with Crippen LogP contribution < -0.4 is 4.74 Å². The lowest BCUT2D eigenvalue weighted by Crippen LogP contribution is -2.51. The number of hydrogen-bond donors (Lipinski definition) is 0. The van der Waals surface area contributed by atoms with E-state index in [1.165, 1.54) is 5.56 Å². The SMILES string of the molecule is CC[C@H](Oc1ccc(C)c(C)c1)C(=O)N1CCN(C=O)CC1. The molecule has 120 valence electrons. The van der Waals surface area contributed by atoms with Crippen molar-refractivity contribution in [2.75, 3.05) is 26.2 Å². The minimum atomic E-state index is -0.468. The molecule has 2 rings (SSSR count). The number of benzene rings is 1. The summed E-state index contributed by atoms with van der Waals surface area (Å²) < 4.78 is 5.89. The summed E-state index contributed by atoms with van der Waals surface area (Å²) in [7, 11) is 0. The summed E-state index contributed by atoms with van der Waals surface area (Å²) in [6.45, 7) is 8.36. The number of aryl methyl sites for hydroxylation is 2. The molecule has 0 aliphatic carbocycles. The number of hydrogen-bond acceptors (Lipinski definition) is 3. The summed E-state index contributed by atoms with van der Waals surface area (Å²) in [6.07, 6.45) is 0.995. The Hall–Kier alpha value is -2.04. The summed E-state index contributed by atoms with van der Waals surface area (Å²) in [6, 6.07) is 5.88. The number of nitrogens with zero attached hydrogens (tertiary/aromatic N) is 2. The molecule has 0 aromatic heterocycles. The maximum absolute atomic E-state index is 12.6. The number of ether oxygens (including phenoxy) is 1. The molecule has 1 aliphatic rings. The van der Waals surface area contributed by atoms with Crippen molar-refractivity contribution in [2.24, 2.45) is 0 Å². The number of carbonyl (C=O) groups is 2. The zero-order chi connectivity index (χ0) is 16.1. The highest BCUT2D eigenvalue weighted by Gasteiger charge is 2.27. The van der Waals surface area contributed by atoms with Crippen LogP contribution in [0.15, 0.2) is 18.2 Å². The van der Waals surface area contributed by atoms with Crippen LogP contribution in [0.25, 0.3) is 0 Å². The molecule has 22 heavy (non-hydrogen) atoms. The maximum atomic E-state index is 12.6. The third-order valence-corrected chi connectivity index (χ3v) is 4.18. The van der Waals surface area contributed by atoms with Gasteiger partial charge in [-0.1, -0.05) is 13.0 Å². The van der Waals surface area contributed by atoms with E-state index in [1.807, 2.05) is 39.0 Å². The van der Waals surface area contributed by atoms with Gasteiger partial charge in [-0.15, -0.1) is 0 Å². The number of amides is 2. The van der Waals surface area contributed by atoms with Crippen LogP contribution in [0.2, 0.25) is 0 Å². The molecule has 0 unspecified atom stereocenters. The van der Waals surface area contributed by atoms with E-state index < -0.39 is 6.10 Å². The molecule has 5 nitrogen and oxygen atoms in total. The molecule has 1 fully saturated rings. The van der Waals surface area contributed by atoms with Crippen molar-refractivity contribution in [3.05, 3.63) is 29.3 Å². The fourth-order valence-corrected chi connectivity index (χ4v) is 2.51. The van der Waals surface area contributed by atoms with Gasteiger partial charge in [0.1, 0.15) is 5.75 Å². The number of rotatable bonds is 5. The van der Waals surface area contributed by atoms with Crippen molar-refractivity contribution < 1.29 is 14.3 Å². The molecule has 0 saturated carbocycles. The highest BCUT2D eigenvalue weighted by molar-refractivity contribution is 5.81. The predicted octanol–water partition coefficient (Wildman–Crippen LogP) is 1.76. The average molecular weight is 304 g/mol. The zero-order valence-electron chi connectivity index (χ0n) is 13.5. The van der Waals surface area contributed by atoms with E-state index in [0.29, 0.717) is 32.6 Å². The lowest BCUT2D eigenvalue weighted by atomic mass is 10.1. The van der Waals surface area contributed by atoms with E-state index in [-0.39, 0.29) is 5.91 Å². The second-order valence-electron chi connectivity index (χ2n) is 5.73. The predicted molar refractivity (Wildman–Crippen MR) is 84.8 cm³/mol. The zero-order valence-corrected chi connectivity index (χ0v) is 13.5. The van der Waals surface area contributed by atoms with Crippen LogP contribution in [0.3, 0.4) is 0 Å². The second kappa shape index (κ2) is 7.29. The fraction of sp³-hybridized carbons (Fsp3) is 0.529. The Balaban J connectivity index is 2.00. The van der Waals surface area contributed by atoms with Gasteiger partial charge in [0, 0.05) is 26.2 Å². The van der Waals surface area contributed by atoms with Gasteiger partial charge in [-0.2, -0.15) is 0 Å². The van der Waals surface area contributed by atoms with Crippen LogP contribution >= 0.6 is 0 Å². The number of carbonyl (C=O) groups excluding carboxylic acids is 2. The lowest BCUT2D eigenvalue weighted by molar-refractivity contribution is -0.142. The second-order valence-corrected chi connectivity index (χ2v) is 5.73. The third kappa shape index (κ3) is 3.78. The van der Waals surface area contributed by atoms with Gasteiger partial charge in [-0.25, -0.2) is 0 Å². The molecular weight excluding hydrogens is 280 g/mol. The first-order valence-electron chi connectivity index (χ1n) is 7.77. The van der Waals surface area contributed by atoms with Crippen LogP contribution in [-0.2, 0) is 9.59 Å². The van der Waals surface area contributed by atoms with Gasteiger partial charge in [-0.05, 0) is 43.5 Å². The molecule has 1 heterocycles. The maximum Gasteiger partial charge on any atom is 0.263 e. The molecule has 2 amide bonds. The summed E-state index contributed by atoms with van der Waals surface area (Å²) >= 11 is 0. The molecule has 1 aromatic rings. The summed E-state index contributed by atoms with van der Waals surface area (Å²) in [4.78, 5) is 26.8. The third-order valence-electron chi connectivity index (χ3n) is 4.18. The van der Waals surface area contributed by atoms with Gasteiger partial charge in [0.15, 0.2) is 6.10 Å². The first kappa shape index (κ1) is 16.3.